The number of aliphatic hydroxyl groups excluding tert-OH is 1. The summed E-state index contributed by atoms with van der Waals surface area (Å²) in [7, 11) is 0. The molecule has 0 aliphatic heterocycles. The molecule has 4 unspecified atom stereocenters. The summed E-state index contributed by atoms with van der Waals surface area (Å²) < 4.78 is 5.87. The molecular weight excluding hydrogens is 254 g/mol. The maximum atomic E-state index is 12.4. The Bertz CT molecular complexity index is 365. The second-order valence-corrected chi connectivity index (χ2v) is 6.79. The van der Waals surface area contributed by atoms with Gasteiger partial charge in [0.15, 0.2) is 0 Å². The molecule has 114 valence electrons. The SMILES string of the molecule is CCOC1CC(NC(=O)C2CCCC2O)C12CCCC2. The Morgan fingerprint density at radius 3 is 2.65 bits per heavy atom. The van der Waals surface area contributed by atoms with Crippen molar-refractivity contribution in [2.24, 2.45) is 11.3 Å². The second-order valence-electron chi connectivity index (χ2n) is 6.79. The molecule has 3 aliphatic rings. The molecule has 1 amide bonds. The summed E-state index contributed by atoms with van der Waals surface area (Å²) >= 11 is 0. The molecule has 4 nitrogen and oxygen atoms in total. The Kier molecular flexibility index (Phi) is 4.04. The van der Waals surface area contributed by atoms with Gasteiger partial charge in [-0.1, -0.05) is 12.8 Å². The van der Waals surface area contributed by atoms with Gasteiger partial charge in [0.25, 0.3) is 0 Å². The summed E-state index contributed by atoms with van der Waals surface area (Å²) in [5.74, 6) is -0.110. The highest BCUT2D eigenvalue weighted by Crippen LogP contribution is 2.54. The molecule has 3 saturated carbocycles. The number of nitrogens with one attached hydrogen (secondary N) is 1. The Morgan fingerprint density at radius 1 is 1.30 bits per heavy atom. The molecular formula is C16H27NO3. The van der Waals surface area contributed by atoms with Crippen LogP contribution in [0, 0.1) is 11.3 Å². The number of ether oxygens (including phenoxy) is 1. The number of carbonyl (C=O) groups excluding carboxylic acids is 1. The molecule has 4 heteroatoms. The van der Waals surface area contributed by atoms with Gasteiger partial charge in [0.05, 0.1) is 18.1 Å². The fourth-order valence-corrected chi connectivity index (χ4v) is 4.61. The standard InChI is InChI=1S/C16H27NO3/c1-2-20-14-10-13(16(14)8-3-4-9-16)17-15(19)11-6-5-7-12(11)18/h11-14,18H,2-10H2,1H3,(H,17,19). The lowest BCUT2D eigenvalue weighted by atomic mass is 9.60. The van der Waals surface area contributed by atoms with Crippen LogP contribution in [0.5, 0.6) is 0 Å². The van der Waals surface area contributed by atoms with Crippen LogP contribution in [0.15, 0.2) is 0 Å². The van der Waals surface area contributed by atoms with Gasteiger partial charge in [-0.25, -0.2) is 0 Å². The minimum atomic E-state index is -0.433. The molecule has 0 aromatic carbocycles. The molecule has 3 aliphatic carbocycles. The molecule has 0 bridgehead atoms. The van der Waals surface area contributed by atoms with Crippen molar-refractivity contribution >= 4 is 5.91 Å². The minimum absolute atomic E-state index is 0.0706. The van der Waals surface area contributed by atoms with Gasteiger partial charge in [-0.15, -0.1) is 0 Å². The maximum Gasteiger partial charge on any atom is 0.225 e. The first kappa shape index (κ1) is 14.3. The molecule has 20 heavy (non-hydrogen) atoms. The topological polar surface area (TPSA) is 58.6 Å². The van der Waals surface area contributed by atoms with Crippen LogP contribution in [0.2, 0.25) is 0 Å². The quantitative estimate of drug-likeness (QED) is 0.828. The van der Waals surface area contributed by atoms with E-state index in [-0.39, 0.29) is 23.3 Å². The fourth-order valence-electron chi connectivity index (χ4n) is 4.61. The smallest absolute Gasteiger partial charge is 0.225 e. The summed E-state index contributed by atoms with van der Waals surface area (Å²) in [5, 5.41) is 13.1. The van der Waals surface area contributed by atoms with Crippen LogP contribution >= 0.6 is 0 Å². The van der Waals surface area contributed by atoms with E-state index >= 15 is 0 Å². The normalized spacial score (nSPS) is 38.9. The molecule has 0 heterocycles. The monoisotopic (exact) mass is 281 g/mol. The van der Waals surface area contributed by atoms with E-state index in [2.05, 4.69) is 5.32 Å². The molecule has 3 fully saturated rings. The van der Waals surface area contributed by atoms with Crippen molar-refractivity contribution < 1.29 is 14.6 Å². The molecule has 0 saturated heterocycles. The fraction of sp³-hybridized carbons (Fsp3) is 0.938. The lowest BCUT2D eigenvalue weighted by Crippen LogP contribution is -2.64. The highest BCUT2D eigenvalue weighted by molar-refractivity contribution is 5.80. The molecule has 0 radical (unpaired) electrons. The van der Waals surface area contributed by atoms with Gasteiger partial charge < -0.3 is 15.2 Å². The molecule has 0 aromatic heterocycles. The van der Waals surface area contributed by atoms with Crippen molar-refractivity contribution in [3.05, 3.63) is 0 Å². The zero-order valence-electron chi connectivity index (χ0n) is 12.4. The Hall–Kier alpha value is -0.610. The Labute approximate surface area is 121 Å². The van der Waals surface area contributed by atoms with Gasteiger partial charge in [0.2, 0.25) is 5.91 Å². The second kappa shape index (κ2) is 5.64. The van der Waals surface area contributed by atoms with E-state index in [4.69, 9.17) is 4.74 Å². The van der Waals surface area contributed by atoms with Crippen molar-refractivity contribution in [1.82, 2.24) is 5.32 Å². The van der Waals surface area contributed by atoms with E-state index in [1.165, 1.54) is 25.7 Å². The van der Waals surface area contributed by atoms with E-state index in [1.54, 1.807) is 0 Å². The average Bonchev–Trinajstić information content (AvgIpc) is 3.07. The summed E-state index contributed by atoms with van der Waals surface area (Å²) in [6.07, 6.45) is 8.28. The van der Waals surface area contributed by atoms with Crippen molar-refractivity contribution in [1.29, 1.82) is 0 Å². The first-order chi connectivity index (χ1) is 9.67. The van der Waals surface area contributed by atoms with Crippen LogP contribution in [0.4, 0.5) is 0 Å². The third-order valence-electron chi connectivity index (χ3n) is 5.82. The Balaban J connectivity index is 1.61. The third-order valence-corrected chi connectivity index (χ3v) is 5.82. The Morgan fingerprint density at radius 2 is 2.05 bits per heavy atom. The summed E-state index contributed by atoms with van der Waals surface area (Å²) in [6, 6.07) is 0.266. The van der Waals surface area contributed by atoms with Crippen LogP contribution < -0.4 is 5.32 Å². The maximum absolute atomic E-state index is 12.4. The van der Waals surface area contributed by atoms with Crippen molar-refractivity contribution in [2.75, 3.05) is 6.61 Å². The van der Waals surface area contributed by atoms with E-state index in [0.717, 1.165) is 32.3 Å². The first-order valence-electron chi connectivity index (χ1n) is 8.27. The number of hydrogen-bond donors (Lipinski definition) is 2. The van der Waals surface area contributed by atoms with Gasteiger partial charge in [0.1, 0.15) is 0 Å². The molecule has 1 spiro atoms. The molecule has 0 aromatic rings. The summed E-state index contributed by atoms with van der Waals surface area (Å²) in [4.78, 5) is 12.4. The predicted molar refractivity (Wildman–Crippen MR) is 76.2 cm³/mol. The predicted octanol–water partition coefficient (Wildman–Crippen LogP) is 2.00. The molecule has 3 rings (SSSR count). The minimum Gasteiger partial charge on any atom is -0.392 e. The number of carbonyl (C=O) groups is 1. The van der Waals surface area contributed by atoms with Crippen molar-refractivity contribution in [3.63, 3.8) is 0 Å². The number of hydrogen-bond acceptors (Lipinski definition) is 3. The zero-order valence-corrected chi connectivity index (χ0v) is 12.4. The van der Waals surface area contributed by atoms with E-state index < -0.39 is 6.10 Å². The van der Waals surface area contributed by atoms with Gasteiger partial charge >= 0.3 is 0 Å². The number of amides is 1. The van der Waals surface area contributed by atoms with Gasteiger partial charge in [-0.05, 0) is 45.4 Å². The van der Waals surface area contributed by atoms with Crippen LogP contribution in [0.25, 0.3) is 0 Å². The third kappa shape index (κ3) is 2.27. The van der Waals surface area contributed by atoms with Crippen LogP contribution in [0.3, 0.4) is 0 Å². The average molecular weight is 281 g/mol. The van der Waals surface area contributed by atoms with Crippen LogP contribution in [0.1, 0.15) is 58.3 Å². The highest BCUT2D eigenvalue weighted by atomic mass is 16.5. The van der Waals surface area contributed by atoms with Crippen LogP contribution in [-0.4, -0.2) is 35.9 Å². The number of aliphatic hydroxyl groups is 1. The van der Waals surface area contributed by atoms with Crippen molar-refractivity contribution in [3.8, 4) is 0 Å². The highest BCUT2D eigenvalue weighted by Gasteiger charge is 2.57. The first-order valence-corrected chi connectivity index (χ1v) is 8.27. The van der Waals surface area contributed by atoms with Crippen molar-refractivity contribution in [2.45, 2.75) is 76.5 Å². The zero-order chi connectivity index (χ0) is 14.2. The van der Waals surface area contributed by atoms with Crippen LogP contribution in [-0.2, 0) is 9.53 Å². The van der Waals surface area contributed by atoms with E-state index in [9.17, 15) is 9.90 Å². The molecule has 4 atom stereocenters. The lowest BCUT2D eigenvalue weighted by molar-refractivity contribution is -0.148. The van der Waals surface area contributed by atoms with E-state index in [1.807, 2.05) is 6.92 Å². The summed E-state index contributed by atoms with van der Waals surface area (Å²) in [6.45, 7) is 2.80. The number of rotatable bonds is 4. The largest absolute Gasteiger partial charge is 0.392 e. The van der Waals surface area contributed by atoms with Gasteiger partial charge in [0, 0.05) is 18.1 Å². The molecule has 2 N–H and O–H groups in total. The van der Waals surface area contributed by atoms with Gasteiger partial charge in [-0.2, -0.15) is 0 Å². The summed E-state index contributed by atoms with van der Waals surface area (Å²) in [5.41, 5.74) is 0.190. The van der Waals surface area contributed by atoms with E-state index in [0.29, 0.717) is 6.10 Å². The lowest BCUT2D eigenvalue weighted by Gasteiger charge is -2.54. The van der Waals surface area contributed by atoms with Gasteiger partial charge in [-0.3, -0.25) is 4.79 Å².